The Balaban J connectivity index is 2.61. The van der Waals surface area contributed by atoms with Crippen LogP contribution in [0.15, 0.2) is 24.4 Å². The van der Waals surface area contributed by atoms with Gasteiger partial charge in [-0.2, -0.15) is 10.4 Å². The zero-order valence-electron chi connectivity index (χ0n) is 10.0. The third-order valence-electron chi connectivity index (χ3n) is 2.84. The lowest BCUT2D eigenvalue weighted by Crippen LogP contribution is -2.03. The summed E-state index contributed by atoms with van der Waals surface area (Å²) < 4.78 is 1.34. The van der Waals surface area contributed by atoms with Crippen molar-refractivity contribution in [2.24, 2.45) is 0 Å². The van der Waals surface area contributed by atoms with Gasteiger partial charge < -0.3 is 5.11 Å². The number of aromatic nitrogens is 2. The largest absolute Gasteiger partial charge is 0.478 e. The molecule has 1 N–H and O–H groups in total. The molecule has 1 aromatic carbocycles. The Bertz CT molecular complexity index is 665. The second-order valence-corrected chi connectivity index (χ2v) is 4.00. The summed E-state index contributed by atoms with van der Waals surface area (Å²) in [6.45, 7) is 3.93. The van der Waals surface area contributed by atoms with Crippen LogP contribution >= 0.6 is 0 Å². The third kappa shape index (κ3) is 1.84. The van der Waals surface area contributed by atoms with Crippen molar-refractivity contribution in [3.8, 4) is 11.8 Å². The van der Waals surface area contributed by atoms with E-state index < -0.39 is 5.97 Å². The molecule has 0 saturated heterocycles. The number of carboxylic acids is 1. The number of rotatable bonds is 2. The molecular weight excluding hydrogens is 230 g/mol. The van der Waals surface area contributed by atoms with Gasteiger partial charge in [-0.15, -0.1) is 0 Å². The van der Waals surface area contributed by atoms with Gasteiger partial charge in [-0.05, 0) is 37.1 Å². The van der Waals surface area contributed by atoms with Crippen LogP contribution in [0.25, 0.3) is 5.69 Å². The van der Waals surface area contributed by atoms with Gasteiger partial charge >= 0.3 is 5.97 Å². The van der Waals surface area contributed by atoms with E-state index in [0.717, 1.165) is 11.1 Å². The first-order valence-corrected chi connectivity index (χ1v) is 5.33. The molecule has 2 aromatic rings. The van der Waals surface area contributed by atoms with Crippen LogP contribution in [0.3, 0.4) is 0 Å². The summed E-state index contributed by atoms with van der Waals surface area (Å²) in [5, 5.41) is 22.0. The maximum atomic E-state index is 10.9. The van der Waals surface area contributed by atoms with Crippen molar-refractivity contribution in [1.82, 2.24) is 9.78 Å². The maximum Gasteiger partial charge on any atom is 0.340 e. The predicted octanol–water partition coefficient (Wildman–Crippen LogP) is 2.06. The second-order valence-electron chi connectivity index (χ2n) is 4.00. The molecule has 5 heteroatoms. The number of carboxylic acid groups (broad SMARTS) is 1. The van der Waals surface area contributed by atoms with Crippen LogP contribution in [-0.2, 0) is 0 Å². The Hall–Kier alpha value is -2.61. The van der Waals surface area contributed by atoms with Gasteiger partial charge in [0.1, 0.15) is 11.6 Å². The Labute approximate surface area is 104 Å². The summed E-state index contributed by atoms with van der Waals surface area (Å²) in [4.78, 5) is 10.9. The van der Waals surface area contributed by atoms with Crippen molar-refractivity contribution < 1.29 is 9.90 Å². The number of aromatic carboxylic acids is 1. The number of benzene rings is 1. The lowest BCUT2D eigenvalue weighted by Gasteiger charge is -2.06. The molecule has 0 fully saturated rings. The fourth-order valence-corrected chi connectivity index (χ4v) is 1.67. The highest BCUT2D eigenvalue weighted by atomic mass is 16.4. The standard InChI is InChI=1S/C13H11N3O2/c1-8-3-4-10(5-9(8)2)16-12(6-14)11(7-15-16)13(17)18/h3-5,7H,1-2H3,(H,17,18). The highest BCUT2D eigenvalue weighted by molar-refractivity contribution is 5.89. The lowest BCUT2D eigenvalue weighted by molar-refractivity contribution is 0.0696. The van der Waals surface area contributed by atoms with Gasteiger partial charge in [-0.25, -0.2) is 9.48 Å². The third-order valence-corrected chi connectivity index (χ3v) is 2.84. The van der Waals surface area contributed by atoms with Gasteiger partial charge in [0, 0.05) is 0 Å². The SMILES string of the molecule is Cc1ccc(-n2ncc(C(=O)O)c2C#N)cc1C. The van der Waals surface area contributed by atoms with E-state index in [-0.39, 0.29) is 11.3 Å². The van der Waals surface area contributed by atoms with Crippen molar-refractivity contribution in [2.45, 2.75) is 13.8 Å². The van der Waals surface area contributed by atoms with Gasteiger partial charge in [0.15, 0.2) is 5.69 Å². The van der Waals surface area contributed by atoms with E-state index in [1.54, 1.807) is 0 Å². The molecule has 0 aliphatic heterocycles. The Morgan fingerprint density at radius 2 is 2.11 bits per heavy atom. The van der Waals surface area contributed by atoms with Crippen molar-refractivity contribution in [1.29, 1.82) is 5.26 Å². The van der Waals surface area contributed by atoms with Gasteiger partial charge in [0.05, 0.1) is 11.9 Å². The van der Waals surface area contributed by atoms with E-state index in [0.29, 0.717) is 5.69 Å². The van der Waals surface area contributed by atoms with Crippen LogP contribution in [0.1, 0.15) is 27.2 Å². The molecule has 1 heterocycles. The molecule has 0 unspecified atom stereocenters. The summed E-state index contributed by atoms with van der Waals surface area (Å²) >= 11 is 0. The summed E-state index contributed by atoms with van der Waals surface area (Å²) in [6, 6.07) is 7.47. The molecule has 0 saturated carbocycles. The number of nitrogens with zero attached hydrogens (tertiary/aromatic N) is 3. The van der Waals surface area contributed by atoms with Gasteiger partial charge in [-0.3, -0.25) is 0 Å². The van der Waals surface area contributed by atoms with E-state index in [4.69, 9.17) is 10.4 Å². The quantitative estimate of drug-likeness (QED) is 0.872. The fourth-order valence-electron chi connectivity index (χ4n) is 1.67. The van der Waals surface area contributed by atoms with Crippen LogP contribution in [0, 0.1) is 25.2 Å². The summed E-state index contributed by atoms with van der Waals surface area (Å²) in [7, 11) is 0. The first kappa shape index (κ1) is 11.9. The first-order chi connectivity index (χ1) is 8.54. The molecule has 0 atom stereocenters. The summed E-state index contributed by atoms with van der Waals surface area (Å²) in [6.07, 6.45) is 1.19. The number of carbonyl (C=O) groups is 1. The Morgan fingerprint density at radius 3 is 2.67 bits per heavy atom. The smallest absolute Gasteiger partial charge is 0.340 e. The van der Waals surface area contributed by atoms with Crippen LogP contribution in [0.5, 0.6) is 0 Å². The van der Waals surface area contributed by atoms with Crippen LogP contribution in [-0.4, -0.2) is 20.9 Å². The second kappa shape index (κ2) is 4.34. The lowest BCUT2D eigenvalue weighted by atomic mass is 10.1. The van der Waals surface area contributed by atoms with Crippen molar-refractivity contribution >= 4 is 5.97 Å². The Morgan fingerprint density at radius 1 is 1.39 bits per heavy atom. The minimum Gasteiger partial charge on any atom is -0.478 e. The molecule has 1 aromatic heterocycles. The van der Waals surface area contributed by atoms with Gasteiger partial charge in [0.25, 0.3) is 0 Å². The first-order valence-electron chi connectivity index (χ1n) is 5.33. The average Bonchev–Trinajstić information content (AvgIpc) is 2.76. The van der Waals surface area contributed by atoms with Crippen molar-refractivity contribution in [3.05, 3.63) is 46.8 Å². The normalized spacial score (nSPS) is 10.1. The maximum absolute atomic E-state index is 10.9. The molecule has 0 spiro atoms. The molecular formula is C13H11N3O2. The van der Waals surface area contributed by atoms with E-state index in [1.165, 1.54) is 10.9 Å². The zero-order chi connectivity index (χ0) is 13.3. The topological polar surface area (TPSA) is 78.9 Å². The summed E-state index contributed by atoms with van der Waals surface area (Å²) in [5.74, 6) is -1.15. The molecule has 0 amide bonds. The molecule has 0 aliphatic rings. The van der Waals surface area contributed by atoms with Gasteiger partial charge in [-0.1, -0.05) is 6.07 Å². The minimum absolute atomic E-state index is 0.0331. The molecule has 5 nitrogen and oxygen atoms in total. The Kier molecular flexibility index (Phi) is 2.86. The van der Waals surface area contributed by atoms with E-state index in [2.05, 4.69) is 5.10 Å². The average molecular weight is 241 g/mol. The summed E-state index contributed by atoms with van der Waals surface area (Å²) in [5.41, 5.74) is 2.82. The monoisotopic (exact) mass is 241 g/mol. The number of aryl methyl sites for hydroxylation is 2. The van der Waals surface area contributed by atoms with E-state index in [9.17, 15) is 4.79 Å². The molecule has 0 bridgehead atoms. The van der Waals surface area contributed by atoms with Crippen LogP contribution < -0.4 is 0 Å². The molecule has 0 aliphatic carbocycles. The molecule has 90 valence electrons. The van der Waals surface area contributed by atoms with E-state index >= 15 is 0 Å². The zero-order valence-corrected chi connectivity index (χ0v) is 10.0. The van der Waals surface area contributed by atoms with E-state index in [1.807, 2.05) is 38.1 Å². The molecule has 0 radical (unpaired) electrons. The van der Waals surface area contributed by atoms with Gasteiger partial charge in [0.2, 0.25) is 0 Å². The number of nitriles is 1. The highest BCUT2D eigenvalue weighted by Crippen LogP contribution is 2.17. The van der Waals surface area contributed by atoms with Crippen molar-refractivity contribution in [2.75, 3.05) is 0 Å². The fraction of sp³-hybridized carbons (Fsp3) is 0.154. The van der Waals surface area contributed by atoms with Crippen LogP contribution in [0.4, 0.5) is 0 Å². The molecule has 2 rings (SSSR count). The predicted molar refractivity (Wildman–Crippen MR) is 64.7 cm³/mol. The van der Waals surface area contributed by atoms with Crippen molar-refractivity contribution in [3.63, 3.8) is 0 Å². The number of hydrogen-bond acceptors (Lipinski definition) is 3. The number of hydrogen-bond donors (Lipinski definition) is 1. The van der Waals surface area contributed by atoms with Crippen LogP contribution in [0.2, 0.25) is 0 Å². The highest BCUT2D eigenvalue weighted by Gasteiger charge is 2.17. The molecule has 18 heavy (non-hydrogen) atoms. The minimum atomic E-state index is -1.15.